The van der Waals surface area contributed by atoms with Crippen molar-refractivity contribution in [3.8, 4) is 0 Å². The topological polar surface area (TPSA) is 946 Å². The molecule has 35 N–H and O–H groups in total. The van der Waals surface area contributed by atoms with Crippen molar-refractivity contribution < 1.29 is 277 Å². The molecule has 55 atom stereocenters. The van der Waals surface area contributed by atoms with E-state index in [-0.39, 0.29) is 0 Å². The van der Waals surface area contributed by atoms with Crippen molar-refractivity contribution >= 4 is 29.5 Å². The van der Waals surface area contributed by atoms with Gasteiger partial charge in [0.25, 0.3) is 0 Å². The summed E-state index contributed by atoms with van der Waals surface area (Å²) in [6.07, 6.45) is -109. The zero-order valence-corrected chi connectivity index (χ0v) is 73.6. The summed E-state index contributed by atoms with van der Waals surface area (Å²) < 4.78 is 127. The molecule has 137 heavy (non-hydrogen) atoms. The first kappa shape index (κ1) is 113. The highest BCUT2D eigenvalue weighted by Crippen LogP contribution is 2.43. The van der Waals surface area contributed by atoms with Crippen LogP contribution >= 0.6 is 0 Å². The van der Waals surface area contributed by atoms with Gasteiger partial charge in [-0.05, 0) is 0 Å². The second-order valence-corrected chi connectivity index (χ2v) is 34.5. The van der Waals surface area contributed by atoms with Crippen molar-refractivity contribution in [2.45, 2.75) is 372 Å². The van der Waals surface area contributed by atoms with Crippen LogP contribution in [0.3, 0.4) is 0 Å². The third-order valence-electron chi connectivity index (χ3n) is 25.0. The third-order valence-corrected chi connectivity index (χ3v) is 25.0. The standard InChI is InChI=1S/C76H127N5O56/c1-17(92)77-33-44(103)57(27(11-87)118-66(33)116)129-67-34(78-18(2)93)45(104)60(30(14-90)124-67)133-74-56(115)63(43(102)32(128-74)16-117-75-64(51(110)41(100)25(9-85)123-75)136-68-35(79-19(3)94)46(105)58(28(12-88)125-68)131-71-52(111)48(107)38(97)22(6-82)120-71)135-76-65(137-69-36(80-20(4)95)47(106)59(29(13-89)126-69)132-72-53(112)49(108)39(98)23(7-83)121-72)55(114)61(31(15-91)127-76)130-70-37(81-21(5)96)62(42(101)26(10-86)119-70)134-73-54(113)50(109)40(99)24(8-84)122-73/h22-76,82-91,97-116H,6-16H2,1-5H3,(H,77,92)(H,78,93)(H,79,94)(H,80,95)(H,81,96)/t22-,23-,24-,25-,26-,27-,28-,29-,30-,31-,32-,33-,34-,35-,36-,37-,38+,39+,40+,41-,42-,43-,44-,45-,46-,47-,48+,49+,50+,51+,52-,53-,54-,55+,56+,57-,58-,59-,60-,61-,62-,63+,64+,65+,66-,67+,68+,69+,70+,71+,72+,73+,74+,75+,76-/m1/s1. The Morgan fingerprint density at radius 2 is 0.416 bits per heavy atom. The van der Waals surface area contributed by atoms with Crippen LogP contribution in [0.1, 0.15) is 34.6 Å². The fraction of sp³-hybridized carbons (Fsp3) is 0.934. The van der Waals surface area contributed by atoms with E-state index in [1.807, 2.05) is 0 Å². The van der Waals surface area contributed by atoms with E-state index >= 15 is 0 Å². The first-order valence-electron chi connectivity index (χ1n) is 43.7. The molecule has 11 fully saturated rings. The van der Waals surface area contributed by atoms with E-state index in [2.05, 4.69) is 26.6 Å². The Balaban J connectivity index is 0.991. The van der Waals surface area contributed by atoms with E-state index in [1.54, 1.807) is 0 Å². The van der Waals surface area contributed by atoms with Gasteiger partial charge < -0.3 is 279 Å². The van der Waals surface area contributed by atoms with Crippen molar-refractivity contribution in [1.82, 2.24) is 26.6 Å². The lowest BCUT2D eigenvalue weighted by atomic mass is 9.93. The summed E-state index contributed by atoms with van der Waals surface area (Å²) in [5, 5.41) is 350. The molecule has 11 aliphatic heterocycles. The summed E-state index contributed by atoms with van der Waals surface area (Å²) in [5.74, 6) is -4.92. The largest absolute Gasteiger partial charge is 0.394 e. The average molecular weight is 2010 g/mol. The number of amides is 5. The van der Waals surface area contributed by atoms with Crippen molar-refractivity contribution in [2.75, 3.05) is 72.7 Å². The molecule has 0 aromatic carbocycles. The Labute approximate surface area is 775 Å². The molecule has 0 spiro atoms. The fourth-order valence-corrected chi connectivity index (χ4v) is 17.8. The smallest absolute Gasteiger partial charge is 0.217 e. The molecule has 61 heteroatoms. The maximum Gasteiger partial charge on any atom is 0.217 e. The van der Waals surface area contributed by atoms with E-state index in [4.69, 9.17) is 99.5 Å². The van der Waals surface area contributed by atoms with Gasteiger partial charge in [-0.15, -0.1) is 0 Å². The molecular weight excluding hydrogens is 1880 g/mol. The summed E-state index contributed by atoms with van der Waals surface area (Å²) in [7, 11) is 0. The van der Waals surface area contributed by atoms with Gasteiger partial charge in [0.1, 0.15) is 268 Å². The van der Waals surface area contributed by atoms with Crippen LogP contribution in [0, 0.1) is 0 Å². The van der Waals surface area contributed by atoms with Crippen LogP contribution in [0.2, 0.25) is 0 Å². The number of carbonyl (C=O) groups is 5. The Morgan fingerprint density at radius 1 is 0.190 bits per heavy atom. The number of aliphatic hydroxyl groups excluding tert-OH is 30. The third kappa shape index (κ3) is 25.0. The predicted octanol–water partition coefficient (Wildman–Crippen LogP) is -24.3. The summed E-state index contributed by atoms with van der Waals surface area (Å²) in [6, 6.07) is -9.92. The van der Waals surface area contributed by atoms with Crippen LogP contribution in [0.15, 0.2) is 0 Å². The SMILES string of the molecule is CC(=O)N[C@@H]1[C@@H](O)[C@H](O[C@@H]2O[C@H](CO)[C@@H](O[C@@H]3O[C@H](CO[C@H]4O[C@H](CO)[C@@H](O)[C@H](O)[C@@H]4O[C@@H]4O[C@H](CO)[C@@H](O[C@@H]5O[C@H](CO)[C@H](O)[C@H](O)[C@H]5O)[C@H](O)[C@H]4NC(C)=O)[C@@H](O)[C@H](O[C@H]4O[C@H](CO)[C@@H](O[C@@H]5O[C@H](CO)[C@@H](O)[C@H](O[C@@H]6O[C@H](CO)[C@H](O)[C@H](O)[C@H]6O)[C@H]5NC(C)=O)[C@H](O)[C@@H]4O[C@@H]4O[C@H](CO)[C@@H](O[C@@H]5O[C@H](CO)[C@H](O)[C@H](O)[C@H]5O)[C@H](O)[C@H]4NC(C)=O)[C@@H]3O)[C@H](O)[C@H]2NC(C)=O)[C@@H](CO)O[C@H]1O. The van der Waals surface area contributed by atoms with E-state index in [0.29, 0.717) is 0 Å². The Kier molecular flexibility index (Phi) is 40.7. The zero-order valence-electron chi connectivity index (χ0n) is 73.6. The van der Waals surface area contributed by atoms with Gasteiger partial charge in [-0.2, -0.15) is 0 Å². The van der Waals surface area contributed by atoms with Crippen molar-refractivity contribution in [2.24, 2.45) is 0 Å². The minimum Gasteiger partial charge on any atom is -0.394 e. The number of ether oxygens (including phenoxy) is 21. The van der Waals surface area contributed by atoms with E-state index in [9.17, 15) is 177 Å². The second kappa shape index (κ2) is 49.5. The number of aliphatic hydroxyl groups is 30. The molecule has 0 radical (unpaired) electrons. The van der Waals surface area contributed by atoms with Crippen molar-refractivity contribution in [3.05, 3.63) is 0 Å². The molecule has 792 valence electrons. The molecular formula is C76H127N5O56. The van der Waals surface area contributed by atoms with Gasteiger partial charge in [0.05, 0.1) is 72.7 Å². The molecule has 11 aliphatic rings. The van der Waals surface area contributed by atoms with Crippen LogP contribution < -0.4 is 26.6 Å². The normalized spacial score (nSPS) is 48.9. The van der Waals surface area contributed by atoms with Gasteiger partial charge in [-0.25, -0.2) is 0 Å². The molecule has 11 saturated heterocycles. The van der Waals surface area contributed by atoms with Crippen molar-refractivity contribution in [3.63, 3.8) is 0 Å². The molecule has 0 aromatic rings. The highest BCUT2D eigenvalue weighted by atomic mass is 16.8. The lowest BCUT2D eigenvalue weighted by Gasteiger charge is -2.52. The highest BCUT2D eigenvalue weighted by molar-refractivity contribution is 5.75. The molecule has 0 saturated carbocycles. The lowest BCUT2D eigenvalue weighted by Crippen LogP contribution is -2.72. The minimum absolute atomic E-state index is 0.831. The number of rotatable bonds is 36. The van der Waals surface area contributed by atoms with E-state index in [1.165, 1.54) is 0 Å². The number of hydrogen-bond acceptors (Lipinski definition) is 56. The van der Waals surface area contributed by atoms with Crippen LogP contribution in [0.4, 0.5) is 0 Å². The molecule has 11 rings (SSSR count). The minimum atomic E-state index is -2.76. The first-order valence-corrected chi connectivity index (χ1v) is 43.7. The summed E-state index contributed by atoms with van der Waals surface area (Å²) >= 11 is 0. The van der Waals surface area contributed by atoms with Crippen LogP contribution in [0.25, 0.3) is 0 Å². The second-order valence-electron chi connectivity index (χ2n) is 34.5. The predicted molar refractivity (Wildman–Crippen MR) is 420 cm³/mol. The van der Waals surface area contributed by atoms with E-state index < -0.39 is 440 Å². The quantitative estimate of drug-likeness (QED) is 0.0277. The van der Waals surface area contributed by atoms with Gasteiger partial charge in [0.15, 0.2) is 69.2 Å². The van der Waals surface area contributed by atoms with Crippen LogP contribution in [-0.2, 0) is 123 Å². The molecule has 0 aromatic heterocycles. The van der Waals surface area contributed by atoms with Crippen molar-refractivity contribution in [1.29, 1.82) is 0 Å². The Bertz CT molecular complexity index is 3780. The first-order chi connectivity index (χ1) is 64.9. The van der Waals surface area contributed by atoms with Gasteiger partial charge in [0.2, 0.25) is 29.5 Å². The van der Waals surface area contributed by atoms with Gasteiger partial charge in [-0.1, -0.05) is 0 Å². The molecule has 0 bridgehead atoms. The summed E-state index contributed by atoms with van der Waals surface area (Å²) in [4.78, 5) is 65.4. The molecule has 11 heterocycles. The van der Waals surface area contributed by atoms with E-state index in [0.717, 1.165) is 34.6 Å². The highest BCUT2D eigenvalue weighted by Gasteiger charge is 2.64. The zero-order chi connectivity index (χ0) is 101. The fourth-order valence-electron chi connectivity index (χ4n) is 17.8. The maximum atomic E-state index is 13.4. The number of nitrogens with one attached hydrogen (secondary N) is 5. The number of carbonyl (C=O) groups excluding carboxylic acids is 5. The average Bonchev–Trinajstić information content (AvgIpc) is 0.756. The lowest BCUT2D eigenvalue weighted by molar-refractivity contribution is -0.406. The molecule has 0 unspecified atom stereocenters. The molecule has 0 aliphatic carbocycles. The van der Waals surface area contributed by atoms with Gasteiger partial charge in [0, 0.05) is 34.6 Å². The summed E-state index contributed by atoms with van der Waals surface area (Å²) in [6.45, 7) is -8.45. The van der Waals surface area contributed by atoms with Gasteiger partial charge in [-0.3, -0.25) is 24.0 Å². The Morgan fingerprint density at radius 3 is 0.774 bits per heavy atom. The van der Waals surface area contributed by atoms with Crippen LogP contribution in [-0.4, -0.2) is 593 Å². The summed E-state index contributed by atoms with van der Waals surface area (Å²) in [5.41, 5.74) is 0. The van der Waals surface area contributed by atoms with Crippen LogP contribution in [0.5, 0.6) is 0 Å². The molecule has 61 nitrogen and oxygen atoms in total. The number of hydrogen-bond donors (Lipinski definition) is 35. The molecule has 5 amide bonds. The maximum absolute atomic E-state index is 13.4. The Hall–Kier alpha value is -4.69. The monoisotopic (exact) mass is 2010 g/mol. The van der Waals surface area contributed by atoms with Gasteiger partial charge >= 0.3 is 0 Å².